The van der Waals surface area contributed by atoms with Crippen LogP contribution in [0.3, 0.4) is 0 Å². The summed E-state index contributed by atoms with van der Waals surface area (Å²) in [7, 11) is 1.72. The minimum absolute atomic E-state index is 0.00786. The Morgan fingerprint density at radius 2 is 1.82 bits per heavy atom. The van der Waals surface area contributed by atoms with Crippen LogP contribution < -0.4 is 10.6 Å². The number of anilines is 1. The summed E-state index contributed by atoms with van der Waals surface area (Å²) in [6.07, 6.45) is 4.47. The number of aromatic nitrogens is 4. The second-order valence-corrected chi connectivity index (χ2v) is 10.5. The van der Waals surface area contributed by atoms with Gasteiger partial charge in [0.1, 0.15) is 17.7 Å². The van der Waals surface area contributed by atoms with Gasteiger partial charge in [-0.1, -0.05) is 13.0 Å². The third-order valence-corrected chi connectivity index (χ3v) is 6.52. The van der Waals surface area contributed by atoms with E-state index >= 15 is 4.39 Å². The van der Waals surface area contributed by atoms with E-state index in [1.807, 2.05) is 32.6 Å². The minimum atomic E-state index is -0.624. The molecule has 38 heavy (non-hydrogen) atoms. The first-order valence-electron chi connectivity index (χ1n) is 12.8. The SMILES string of the molecule is CCCn1ncn(-c2ccc(-c3cnc(N4CCC(N(C)C(=O)OC(C)(C)C)CC4)c(F)c3)cc2F)c1=O. The molecule has 0 aliphatic carbocycles. The highest BCUT2D eigenvalue weighted by atomic mass is 19.1. The van der Waals surface area contributed by atoms with Crippen LogP contribution in [0.5, 0.6) is 0 Å². The molecule has 0 spiro atoms. The molecule has 1 aliphatic rings. The average molecular weight is 529 g/mol. The van der Waals surface area contributed by atoms with Crippen LogP contribution in [0.25, 0.3) is 16.8 Å². The van der Waals surface area contributed by atoms with Gasteiger partial charge in [-0.2, -0.15) is 5.10 Å². The first-order valence-corrected chi connectivity index (χ1v) is 12.8. The van der Waals surface area contributed by atoms with Crippen molar-refractivity contribution < 1.29 is 18.3 Å². The predicted molar refractivity (Wildman–Crippen MR) is 140 cm³/mol. The van der Waals surface area contributed by atoms with Crippen LogP contribution in [-0.2, 0) is 11.3 Å². The molecule has 0 saturated carbocycles. The number of piperidine rings is 1. The summed E-state index contributed by atoms with van der Waals surface area (Å²) in [5.41, 5.74) is -0.0529. The molecule has 204 valence electrons. The molecular formula is C27H34F2N6O3. The van der Waals surface area contributed by atoms with Crippen LogP contribution in [0.1, 0.15) is 47.0 Å². The van der Waals surface area contributed by atoms with Gasteiger partial charge in [0, 0.05) is 44.5 Å². The van der Waals surface area contributed by atoms with E-state index in [-0.39, 0.29) is 23.6 Å². The monoisotopic (exact) mass is 528 g/mol. The van der Waals surface area contributed by atoms with Crippen LogP contribution >= 0.6 is 0 Å². The molecule has 0 N–H and O–H groups in total. The zero-order valence-corrected chi connectivity index (χ0v) is 22.4. The normalized spacial score (nSPS) is 14.6. The maximum Gasteiger partial charge on any atom is 0.410 e. The summed E-state index contributed by atoms with van der Waals surface area (Å²) in [6, 6.07) is 5.68. The van der Waals surface area contributed by atoms with Gasteiger partial charge in [0.15, 0.2) is 11.6 Å². The van der Waals surface area contributed by atoms with Crippen LogP contribution in [0.4, 0.5) is 19.4 Å². The number of rotatable bonds is 6. The first kappa shape index (κ1) is 27.3. The number of hydrogen-bond donors (Lipinski definition) is 0. The Kier molecular flexibility index (Phi) is 7.84. The molecule has 4 rings (SSSR count). The molecule has 1 aromatic carbocycles. The number of carbonyl (C=O) groups excluding carboxylic acids is 1. The molecule has 11 heteroatoms. The summed E-state index contributed by atoms with van der Waals surface area (Å²) in [5.74, 6) is -0.914. The van der Waals surface area contributed by atoms with Crippen molar-refractivity contribution in [2.75, 3.05) is 25.0 Å². The Hall–Kier alpha value is -3.76. The maximum atomic E-state index is 15.1. The fraction of sp³-hybridized carbons (Fsp3) is 0.481. The molecule has 2 aromatic heterocycles. The van der Waals surface area contributed by atoms with E-state index in [0.29, 0.717) is 43.6 Å². The topological polar surface area (TPSA) is 85.5 Å². The highest BCUT2D eigenvalue weighted by molar-refractivity contribution is 5.68. The lowest BCUT2D eigenvalue weighted by atomic mass is 10.0. The Morgan fingerprint density at radius 1 is 1.13 bits per heavy atom. The molecule has 0 unspecified atom stereocenters. The van der Waals surface area contributed by atoms with Gasteiger partial charge < -0.3 is 14.5 Å². The number of nitrogens with zero attached hydrogens (tertiary/aromatic N) is 6. The fourth-order valence-corrected chi connectivity index (χ4v) is 4.52. The fourth-order valence-electron chi connectivity index (χ4n) is 4.52. The average Bonchev–Trinajstić information content (AvgIpc) is 3.22. The van der Waals surface area contributed by atoms with E-state index in [9.17, 15) is 14.0 Å². The molecule has 9 nitrogen and oxygen atoms in total. The standard InChI is InChI=1S/C27H34F2N6O3/c1-6-11-35-25(36)34(17-31-35)23-8-7-18(14-21(23)28)19-15-22(29)24(30-16-19)33-12-9-20(10-13-33)32(5)26(37)38-27(2,3)4/h7-8,14-17,20H,6,9-13H2,1-5H3. The predicted octanol–water partition coefficient (Wildman–Crippen LogP) is 4.62. The zero-order chi connectivity index (χ0) is 27.6. The van der Waals surface area contributed by atoms with Gasteiger partial charge in [0.05, 0.1) is 5.69 Å². The van der Waals surface area contributed by atoms with Gasteiger partial charge in [-0.25, -0.2) is 32.6 Å². The van der Waals surface area contributed by atoms with Crippen LogP contribution in [0.15, 0.2) is 41.6 Å². The van der Waals surface area contributed by atoms with Crippen molar-refractivity contribution in [3.8, 4) is 16.8 Å². The number of benzene rings is 1. The molecule has 1 amide bonds. The largest absolute Gasteiger partial charge is 0.444 e. The van der Waals surface area contributed by atoms with Gasteiger partial charge in [0.25, 0.3) is 0 Å². The summed E-state index contributed by atoms with van der Waals surface area (Å²) in [6.45, 7) is 8.91. The summed E-state index contributed by atoms with van der Waals surface area (Å²) in [5, 5.41) is 4.02. The van der Waals surface area contributed by atoms with E-state index in [4.69, 9.17) is 4.74 Å². The zero-order valence-electron chi connectivity index (χ0n) is 22.4. The molecule has 0 atom stereocenters. The van der Waals surface area contributed by atoms with Crippen molar-refractivity contribution >= 4 is 11.9 Å². The second-order valence-electron chi connectivity index (χ2n) is 10.5. The Bertz CT molecular complexity index is 1360. The van der Waals surface area contributed by atoms with Gasteiger partial charge in [-0.3, -0.25) is 0 Å². The van der Waals surface area contributed by atoms with E-state index in [2.05, 4.69) is 10.1 Å². The molecular weight excluding hydrogens is 494 g/mol. The third kappa shape index (κ3) is 5.87. The van der Waals surface area contributed by atoms with Gasteiger partial charge >= 0.3 is 11.8 Å². The molecule has 3 aromatic rings. The molecule has 0 radical (unpaired) electrons. The quantitative estimate of drug-likeness (QED) is 0.464. The molecule has 3 heterocycles. The number of pyridine rings is 1. The van der Waals surface area contributed by atoms with E-state index in [0.717, 1.165) is 11.0 Å². The Labute approximate surface area is 220 Å². The number of hydrogen-bond acceptors (Lipinski definition) is 6. The maximum absolute atomic E-state index is 15.1. The Morgan fingerprint density at radius 3 is 2.42 bits per heavy atom. The lowest BCUT2D eigenvalue weighted by Gasteiger charge is -2.37. The lowest BCUT2D eigenvalue weighted by Crippen LogP contribution is -2.47. The second kappa shape index (κ2) is 10.9. The van der Waals surface area contributed by atoms with E-state index < -0.39 is 22.9 Å². The van der Waals surface area contributed by atoms with Crippen molar-refractivity contribution in [2.24, 2.45) is 0 Å². The number of amides is 1. The minimum Gasteiger partial charge on any atom is -0.444 e. The van der Waals surface area contributed by atoms with Crippen LogP contribution in [0.2, 0.25) is 0 Å². The lowest BCUT2D eigenvalue weighted by molar-refractivity contribution is 0.0200. The van der Waals surface area contributed by atoms with Gasteiger partial charge in [0.2, 0.25) is 0 Å². The molecule has 1 fully saturated rings. The first-order chi connectivity index (χ1) is 18.0. The van der Waals surface area contributed by atoms with E-state index in [1.54, 1.807) is 18.0 Å². The van der Waals surface area contributed by atoms with Crippen molar-refractivity contribution in [1.29, 1.82) is 0 Å². The summed E-state index contributed by atoms with van der Waals surface area (Å²) < 4.78 is 38.0. The summed E-state index contributed by atoms with van der Waals surface area (Å²) in [4.78, 5) is 32.6. The molecule has 1 aliphatic heterocycles. The third-order valence-electron chi connectivity index (χ3n) is 6.52. The van der Waals surface area contributed by atoms with Gasteiger partial charge in [-0.05, 0) is 63.8 Å². The van der Waals surface area contributed by atoms with Crippen molar-refractivity contribution in [3.63, 3.8) is 0 Å². The smallest absolute Gasteiger partial charge is 0.410 e. The molecule has 1 saturated heterocycles. The van der Waals surface area contributed by atoms with Crippen molar-refractivity contribution in [3.05, 3.63) is 58.9 Å². The van der Waals surface area contributed by atoms with E-state index in [1.165, 1.54) is 35.4 Å². The van der Waals surface area contributed by atoms with Crippen molar-refractivity contribution in [2.45, 2.75) is 65.1 Å². The van der Waals surface area contributed by atoms with Crippen molar-refractivity contribution in [1.82, 2.24) is 24.2 Å². The van der Waals surface area contributed by atoms with Crippen LogP contribution in [0, 0.1) is 11.6 Å². The van der Waals surface area contributed by atoms with Gasteiger partial charge in [-0.15, -0.1) is 0 Å². The molecule has 0 bridgehead atoms. The Balaban J connectivity index is 1.45. The number of ether oxygens (including phenoxy) is 1. The number of aryl methyl sites for hydroxylation is 1. The highest BCUT2D eigenvalue weighted by Crippen LogP contribution is 2.28. The number of carbonyl (C=O) groups is 1. The highest BCUT2D eigenvalue weighted by Gasteiger charge is 2.29. The summed E-state index contributed by atoms with van der Waals surface area (Å²) >= 11 is 0. The number of halogens is 2. The van der Waals surface area contributed by atoms with Crippen LogP contribution in [-0.4, -0.2) is 62.1 Å².